The first-order chi connectivity index (χ1) is 14.3. The van der Waals surface area contributed by atoms with Gasteiger partial charge in [0.05, 0.1) is 12.0 Å². The highest BCUT2D eigenvalue weighted by Gasteiger charge is 2.26. The summed E-state index contributed by atoms with van der Waals surface area (Å²) in [5.41, 5.74) is 1.73. The smallest absolute Gasteiger partial charge is 0.311 e. The number of nitro benzene ring substituents is 1. The Hall–Kier alpha value is -3.62. The van der Waals surface area contributed by atoms with E-state index < -0.39 is 16.9 Å². The number of aryl methyl sites for hydroxylation is 1. The number of amides is 2. The summed E-state index contributed by atoms with van der Waals surface area (Å²) < 4.78 is 10.5. The van der Waals surface area contributed by atoms with Crippen LogP contribution in [0.2, 0.25) is 0 Å². The number of benzene rings is 2. The lowest BCUT2D eigenvalue weighted by molar-refractivity contribution is -0.385. The van der Waals surface area contributed by atoms with Crippen LogP contribution in [-0.2, 0) is 16.1 Å². The number of carbonyl (C=O) groups is 2. The van der Waals surface area contributed by atoms with Crippen LogP contribution in [0.5, 0.6) is 11.5 Å². The van der Waals surface area contributed by atoms with Crippen LogP contribution in [-0.4, -0.2) is 48.4 Å². The molecule has 0 bridgehead atoms. The van der Waals surface area contributed by atoms with Crippen molar-refractivity contribution in [2.45, 2.75) is 26.4 Å². The fourth-order valence-electron chi connectivity index (χ4n) is 2.93. The van der Waals surface area contributed by atoms with Gasteiger partial charge >= 0.3 is 5.69 Å². The fourth-order valence-corrected chi connectivity index (χ4v) is 2.93. The summed E-state index contributed by atoms with van der Waals surface area (Å²) >= 11 is 0. The molecule has 0 spiro atoms. The number of nitrogens with one attached hydrogen (secondary N) is 1. The fraction of sp³-hybridized carbons (Fsp3) is 0.333. The van der Waals surface area contributed by atoms with Crippen molar-refractivity contribution < 1.29 is 24.0 Å². The van der Waals surface area contributed by atoms with E-state index in [-0.39, 0.29) is 36.2 Å². The van der Waals surface area contributed by atoms with Gasteiger partial charge in [0.15, 0.2) is 6.61 Å². The normalized spacial score (nSPS) is 11.3. The first-order valence-electron chi connectivity index (χ1n) is 9.28. The van der Waals surface area contributed by atoms with Gasteiger partial charge in [-0.05, 0) is 25.5 Å². The zero-order valence-corrected chi connectivity index (χ0v) is 17.4. The molecule has 1 atom stereocenters. The minimum absolute atomic E-state index is 0.0281. The summed E-state index contributed by atoms with van der Waals surface area (Å²) in [4.78, 5) is 36.9. The van der Waals surface area contributed by atoms with Gasteiger partial charge in [-0.2, -0.15) is 0 Å². The highest BCUT2D eigenvalue weighted by atomic mass is 16.6. The number of ether oxygens (including phenoxy) is 2. The molecule has 0 saturated heterocycles. The molecule has 0 aliphatic carbocycles. The summed E-state index contributed by atoms with van der Waals surface area (Å²) in [6, 6.07) is 10.9. The number of hydrogen-bond acceptors (Lipinski definition) is 6. The number of nitro groups is 1. The van der Waals surface area contributed by atoms with Crippen molar-refractivity contribution in [1.82, 2.24) is 10.2 Å². The van der Waals surface area contributed by atoms with Crippen LogP contribution < -0.4 is 14.8 Å². The lowest BCUT2D eigenvalue weighted by atomic mass is 10.1. The number of methoxy groups -OCH3 is 1. The lowest BCUT2D eigenvalue weighted by Gasteiger charge is -2.28. The maximum Gasteiger partial charge on any atom is 0.311 e. The van der Waals surface area contributed by atoms with Crippen LogP contribution in [0.4, 0.5) is 5.69 Å². The Balaban J connectivity index is 2.17. The Morgan fingerprint density at radius 3 is 2.57 bits per heavy atom. The van der Waals surface area contributed by atoms with Gasteiger partial charge in [-0.1, -0.05) is 29.8 Å². The van der Waals surface area contributed by atoms with E-state index in [1.54, 1.807) is 6.92 Å². The second-order valence-electron chi connectivity index (χ2n) is 6.68. The average molecular weight is 415 g/mol. The largest absolute Gasteiger partial charge is 0.490 e. The topological polar surface area (TPSA) is 111 Å². The number of nitrogens with zero attached hydrogens (tertiary/aromatic N) is 2. The molecule has 0 saturated carbocycles. The van der Waals surface area contributed by atoms with Crippen LogP contribution in [0.25, 0.3) is 0 Å². The van der Waals surface area contributed by atoms with Crippen molar-refractivity contribution in [2.24, 2.45) is 0 Å². The summed E-state index contributed by atoms with van der Waals surface area (Å²) in [5, 5.41) is 13.5. The molecular weight excluding hydrogens is 390 g/mol. The zero-order chi connectivity index (χ0) is 22.3. The van der Waals surface area contributed by atoms with Gasteiger partial charge in [0.1, 0.15) is 11.8 Å². The summed E-state index contributed by atoms with van der Waals surface area (Å²) in [6.45, 7) is 3.49. The van der Waals surface area contributed by atoms with Crippen LogP contribution in [0.1, 0.15) is 18.1 Å². The zero-order valence-electron chi connectivity index (χ0n) is 17.4. The molecule has 0 fully saturated rings. The van der Waals surface area contributed by atoms with Crippen molar-refractivity contribution in [3.05, 3.63) is 63.7 Å². The number of likely N-dealkylation sites (N-methyl/N-ethyl adjacent to an activating group) is 1. The Morgan fingerprint density at radius 1 is 1.23 bits per heavy atom. The van der Waals surface area contributed by atoms with E-state index in [0.717, 1.165) is 11.1 Å². The molecule has 0 aliphatic rings. The molecule has 1 N–H and O–H groups in total. The SMILES string of the molecule is CNC(=O)C(C)N(Cc1cccc(C)c1)C(=O)COc1ccc([N+](=O)[O-])c(OC)c1. The molecule has 2 aromatic rings. The predicted molar refractivity (Wildman–Crippen MR) is 110 cm³/mol. The van der Waals surface area contributed by atoms with Crippen molar-refractivity contribution in [1.29, 1.82) is 0 Å². The van der Waals surface area contributed by atoms with Crippen molar-refractivity contribution in [2.75, 3.05) is 20.8 Å². The first-order valence-corrected chi connectivity index (χ1v) is 9.28. The molecule has 9 nitrogen and oxygen atoms in total. The Morgan fingerprint density at radius 2 is 1.97 bits per heavy atom. The standard InChI is InChI=1S/C21H25N3O6/c1-14-6-5-7-16(10-14)12-23(15(2)21(26)22-3)20(25)13-30-17-8-9-18(24(27)28)19(11-17)29-4/h5-11,15H,12-13H2,1-4H3,(H,22,26). The van der Waals surface area contributed by atoms with Gasteiger partial charge < -0.3 is 19.7 Å². The monoisotopic (exact) mass is 415 g/mol. The summed E-state index contributed by atoms with van der Waals surface area (Å²) in [5.74, 6) is -0.424. The van der Waals surface area contributed by atoms with Gasteiger partial charge in [-0.25, -0.2) is 0 Å². The Kier molecular flexibility index (Phi) is 7.74. The van der Waals surface area contributed by atoms with E-state index in [1.165, 1.54) is 37.3 Å². The maximum absolute atomic E-state index is 12.9. The molecule has 30 heavy (non-hydrogen) atoms. The molecule has 160 valence electrons. The van der Waals surface area contributed by atoms with E-state index in [0.29, 0.717) is 0 Å². The quantitative estimate of drug-likeness (QED) is 0.497. The highest BCUT2D eigenvalue weighted by molar-refractivity contribution is 5.87. The number of rotatable bonds is 9. The molecule has 0 aromatic heterocycles. The third-order valence-corrected chi connectivity index (χ3v) is 4.56. The number of hydrogen-bond donors (Lipinski definition) is 1. The van der Waals surface area contributed by atoms with E-state index in [9.17, 15) is 19.7 Å². The second kappa shape index (κ2) is 10.2. The first kappa shape index (κ1) is 22.7. The molecular formula is C21H25N3O6. The Bertz CT molecular complexity index is 931. The molecule has 2 rings (SSSR count). The molecule has 0 heterocycles. The van der Waals surface area contributed by atoms with E-state index >= 15 is 0 Å². The molecule has 9 heteroatoms. The van der Waals surface area contributed by atoms with Crippen LogP contribution in [0, 0.1) is 17.0 Å². The molecule has 2 aromatic carbocycles. The lowest BCUT2D eigenvalue weighted by Crippen LogP contribution is -2.48. The average Bonchev–Trinajstić information content (AvgIpc) is 2.74. The van der Waals surface area contributed by atoms with Gasteiger partial charge in [-0.15, -0.1) is 0 Å². The third kappa shape index (κ3) is 5.69. The Labute approximate surface area is 174 Å². The van der Waals surface area contributed by atoms with Crippen molar-refractivity contribution in [3.63, 3.8) is 0 Å². The third-order valence-electron chi connectivity index (χ3n) is 4.56. The molecule has 1 unspecified atom stereocenters. The summed E-state index contributed by atoms with van der Waals surface area (Å²) in [7, 11) is 2.82. The predicted octanol–water partition coefficient (Wildman–Crippen LogP) is 2.45. The van der Waals surface area contributed by atoms with E-state index in [2.05, 4.69) is 5.32 Å². The van der Waals surface area contributed by atoms with Crippen LogP contribution >= 0.6 is 0 Å². The minimum atomic E-state index is -0.710. The second-order valence-corrected chi connectivity index (χ2v) is 6.68. The van der Waals surface area contributed by atoms with Crippen LogP contribution in [0.3, 0.4) is 0 Å². The van der Waals surface area contributed by atoms with Gasteiger partial charge in [0, 0.05) is 25.7 Å². The van der Waals surface area contributed by atoms with Gasteiger partial charge in [0.25, 0.3) is 5.91 Å². The minimum Gasteiger partial charge on any atom is -0.490 e. The van der Waals surface area contributed by atoms with Gasteiger partial charge in [-0.3, -0.25) is 19.7 Å². The maximum atomic E-state index is 12.9. The highest BCUT2D eigenvalue weighted by Crippen LogP contribution is 2.30. The molecule has 0 radical (unpaired) electrons. The van der Waals surface area contributed by atoms with E-state index in [1.807, 2.05) is 31.2 Å². The van der Waals surface area contributed by atoms with Crippen molar-refractivity contribution >= 4 is 17.5 Å². The van der Waals surface area contributed by atoms with Gasteiger partial charge in [0.2, 0.25) is 11.7 Å². The molecule has 0 aliphatic heterocycles. The summed E-state index contributed by atoms with van der Waals surface area (Å²) in [6.07, 6.45) is 0. The molecule has 2 amide bonds. The number of carbonyl (C=O) groups excluding carboxylic acids is 2. The van der Waals surface area contributed by atoms with E-state index in [4.69, 9.17) is 9.47 Å². The van der Waals surface area contributed by atoms with Crippen LogP contribution in [0.15, 0.2) is 42.5 Å². The van der Waals surface area contributed by atoms with Crippen molar-refractivity contribution in [3.8, 4) is 11.5 Å².